The number of aryl methyl sites for hydroxylation is 2. The van der Waals surface area contributed by atoms with Crippen LogP contribution in [0.25, 0.3) is 27.4 Å². The summed E-state index contributed by atoms with van der Waals surface area (Å²) in [5, 5.41) is 5.75. The van der Waals surface area contributed by atoms with Crippen LogP contribution in [-0.2, 0) is 0 Å². The second-order valence-electron chi connectivity index (χ2n) is 9.97. The van der Waals surface area contributed by atoms with E-state index in [1.165, 1.54) is 0 Å². The number of amides is 2. The van der Waals surface area contributed by atoms with Gasteiger partial charge in [0.15, 0.2) is 0 Å². The van der Waals surface area contributed by atoms with E-state index in [4.69, 9.17) is 4.98 Å². The zero-order valence-electron chi connectivity index (χ0n) is 22.9. The number of nitrogens with one attached hydrogen (secondary N) is 1. The van der Waals surface area contributed by atoms with Crippen molar-refractivity contribution in [2.24, 2.45) is 0 Å². The van der Waals surface area contributed by atoms with Crippen LogP contribution in [0.2, 0.25) is 0 Å². The van der Waals surface area contributed by atoms with Crippen LogP contribution in [0.1, 0.15) is 49.7 Å². The molecule has 5 rings (SSSR count). The van der Waals surface area contributed by atoms with E-state index in [9.17, 15) is 9.59 Å². The van der Waals surface area contributed by atoms with Crippen molar-refractivity contribution in [2.45, 2.75) is 46.6 Å². The van der Waals surface area contributed by atoms with Gasteiger partial charge in [0, 0.05) is 11.9 Å². The Labute approximate surface area is 228 Å². The number of carbonyl (C=O) groups excluding carboxylic acids is 1. The molecule has 0 radical (unpaired) electrons. The van der Waals surface area contributed by atoms with Crippen LogP contribution in [0.5, 0.6) is 0 Å². The minimum Gasteiger partial charge on any atom is -0.314 e. The Morgan fingerprint density at radius 2 is 1.62 bits per heavy atom. The Morgan fingerprint density at radius 3 is 2.36 bits per heavy atom. The van der Waals surface area contributed by atoms with Gasteiger partial charge in [-0.1, -0.05) is 68.4 Å². The molecule has 198 valence electrons. The number of anilines is 1. The van der Waals surface area contributed by atoms with Crippen LogP contribution in [0.4, 0.5) is 10.5 Å². The van der Waals surface area contributed by atoms with E-state index >= 15 is 0 Å². The van der Waals surface area contributed by atoms with Crippen molar-refractivity contribution >= 4 is 33.4 Å². The maximum absolute atomic E-state index is 14.0. The molecule has 0 saturated carbocycles. The minimum absolute atomic E-state index is 0.136. The Morgan fingerprint density at radius 1 is 0.897 bits per heavy atom. The number of carbonyl (C=O) groups is 1. The van der Waals surface area contributed by atoms with Gasteiger partial charge < -0.3 is 10.2 Å². The van der Waals surface area contributed by atoms with Gasteiger partial charge in [-0.3, -0.25) is 9.36 Å². The first-order valence-electron chi connectivity index (χ1n) is 13.6. The molecule has 0 spiro atoms. The van der Waals surface area contributed by atoms with E-state index in [1.807, 2.05) is 104 Å². The fourth-order valence-electron chi connectivity index (χ4n) is 5.19. The third-order valence-corrected chi connectivity index (χ3v) is 7.37. The highest BCUT2D eigenvalue weighted by molar-refractivity contribution is 6.01. The molecular weight excluding hydrogens is 484 g/mol. The Balaban J connectivity index is 1.65. The van der Waals surface area contributed by atoms with Gasteiger partial charge in [0.1, 0.15) is 5.82 Å². The predicted octanol–water partition coefficient (Wildman–Crippen LogP) is 7.55. The lowest BCUT2D eigenvalue weighted by Crippen LogP contribution is -2.41. The van der Waals surface area contributed by atoms with Crippen LogP contribution < -0.4 is 10.9 Å². The van der Waals surface area contributed by atoms with Gasteiger partial charge >= 0.3 is 6.03 Å². The Hall–Kier alpha value is -4.45. The fraction of sp³-hybridized carbons (Fsp3) is 0.242. The molecule has 1 N–H and O–H groups in total. The molecule has 0 bridgehead atoms. The highest BCUT2D eigenvalue weighted by Crippen LogP contribution is 2.29. The molecule has 1 heterocycles. The summed E-state index contributed by atoms with van der Waals surface area (Å²) in [5.74, 6) is 0.561. The molecule has 5 aromatic rings. The molecule has 4 aromatic carbocycles. The third-order valence-electron chi connectivity index (χ3n) is 7.37. The lowest BCUT2D eigenvalue weighted by molar-refractivity contribution is 0.181. The summed E-state index contributed by atoms with van der Waals surface area (Å²) in [7, 11) is 0. The minimum atomic E-state index is -0.418. The number of para-hydroxylation sites is 1. The largest absolute Gasteiger partial charge is 0.322 e. The van der Waals surface area contributed by atoms with E-state index in [0.29, 0.717) is 29.7 Å². The Kier molecular flexibility index (Phi) is 7.46. The van der Waals surface area contributed by atoms with Crippen molar-refractivity contribution in [1.82, 2.24) is 14.5 Å². The summed E-state index contributed by atoms with van der Waals surface area (Å²) < 4.78 is 1.69. The van der Waals surface area contributed by atoms with E-state index in [2.05, 4.69) is 19.2 Å². The number of urea groups is 1. The standard InChI is InChI=1S/C33H34N4O2/c1-5-20-36(33(39)35-28-17-11-13-24-12-7-8-14-26(24)28)30(6-2)31-34-29-16-10-9-15-27(29)32(38)37(31)25-19-18-22(3)23(4)21-25/h7-19,21,30H,5-6,20H2,1-4H3,(H,35,39). The topological polar surface area (TPSA) is 67.2 Å². The van der Waals surface area contributed by atoms with Gasteiger partial charge in [-0.2, -0.15) is 0 Å². The molecule has 1 unspecified atom stereocenters. The van der Waals surface area contributed by atoms with Crippen LogP contribution in [0, 0.1) is 13.8 Å². The molecule has 0 fully saturated rings. The predicted molar refractivity (Wildman–Crippen MR) is 160 cm³/mol. The molecule has 0 aliphatic heterocycles. The molecule has 6 heteroatoms. The third kappa shape index (κ3) is 5.02. The SMILES string of the molecule is CCCN(C(=O)Nc1cccc2ccccc12)C(CC)c1nc2ccccc2c(=O)n1-c1ccc(C)c(C)c1. The van der Waals surface area contributed by atoms with E-state index < -0.39 is 6.04 Å². The fourth-order valence-corrected chi connectivity index (χ4v) is 5.19. The number of hydrogen-bond donors (Lipinski definition) is 1. The van der Waals surface area contributed by atoms with Crippen LogP contribution in [-0.4, -0.2) is 27.0 Å². The summed E-state index contributed by atoms with van der Waals surface area (Å²) in [6.45, 7) is 8.69. The lowest BCUT2D eigenvalue weighted by Gasteiger charge is -2.32. The van der Waals surface area contributed by atoms with E-state index in [0.717, 1.165) is 39.7 Å². The maximum atomic E-state index is 14.0. The lowest BCUT2D eigenvalue weighted by atomic mass is 10.1. The van der Waals surface area contributed by atoms with Crippen molar-refractivity contribution in [3.8, 4) is 5.69 Å². The summed E-state index contributed by atoms with van der Waals surface area (Å²) in [4.78, 5) is 34.7. The Bertz CT molecular complexity index is 1720. The first kappa shape index (κ1) is 26.2. The number of aromatic nitrogens is 2. The molecule has 0 aliphatic carbocycles. The number of fused-ring (bicyclic) bond motifs is 2. The molecule has 2 amide bonds. The van der Waals surface area contributed by atoms with Crippen molar-refractivity contribution in [3.05, 3.63) is 112 Å². The summed E-state index contributed by atoms with van der Waals surface area (Å²) in [5.41, 5.74) is 4.24. The average molecular weight is 519 g/mol. The molecule has 0 aliphatic rings. The van der Waals surface area contributed by atoms with Crippen molar-refractivity contribution < 1.29 is 4.79 Å². The second-order valence-corrected chi connectivity index (χ2v) is 9.97. The van der Waals surface area contributed by atoms with Gasteiger partial charge in [-0.05, 0) is 73.5 Å². The summed E-state index contributed by atoms with van der Waals surface area (Å²) in [6.07, 6.45) is 1.36. The van der Waals surface area contributed by atoms with Crippen molar-refractivity contribution in [2.75, 3.05) is 11.9 Å². The highest BCUT2D eigenvalue weighted by Gasteiger charge is 2.29. The van der Waals surface area contributed by atoms with E-state index in [-0.39, 0.29) is 11.6 Å². The molecule has 0 saturated heterocycles. The molecule has 6 nitrogen and oxygen atoms in total. The number of hydrogen-bond acceptors (Lipinski definition) is 3. The summed E-state index contributed by atoms with van der Waals surface area (Å²) in [6, 6.07) is 26.7. The first-order valence-corrected chi connectivity index (χ1v) is 13.6. The van der Waals surface area contributed by atoms with Crippen molar-refractivity contribution in [3.63, 3.8) is 0 Å². The van der Waals surface area contributed by atoms with Crippen LogP contribution in [0.15, 0.2) is 89.7 Å². The normalized spacial score (nSPS) is 12.0. The van der Waals surface area contributed by atoms with Crippen LogP contribution in [0.3, 0.4) is 0 Å². The zero-order chi connectivity index (χ0) is 27.5. The van der Waals surface area contributed by atoms with Crippen LogP contribution >= 0.6 is 0 Å². The van der Waals surface area contributed by atoms with Gasteiger partial charge in [-0.15, -0.1) is 0 Å². The first-order chi connectivity index (χ1) is 18.9. The second kappa shape index (κ2) is 11.1. The molecule has 39 heavy (non-hydrogen) atoms. The number of benzene rings is 4. The van der Waals surface area contributed by atoms with Gasteiger partial charge in [0.2, 0.25) is 0 Å². The van der Waals surface area contributed by atoms with Crippen molar-refractivity contribution in [1.29, 1.82) is 0 Å². The average Bonchev–Trinajstić information content (AvgIpc) is 2.95. The molecular formula is C33H34N4O2. The number of rotatable bonds is 7. The molecule has 1 atom stereocenters. The smallest absolute Gasteiger partial charge is 0.314 e. The zero-order valence-corrected chi connectivity index (χ0v) is 22.9. The monoisotopic (exact) mass is 518 g/mol. The maximum Gasteiger partial charge on any atom is 0.322 e. The highest BCUT2D eigenvalue weighted by atomic mass is 16.2. The summed E-state index contributed by atoms with van der Waals surface area (Å²) >= 11 is 0. The van der Waals surface area contributed by atoms with Gasteiger partial charge in [-0.25, -0.2) is 9.78 Å². The quantitative estimate of drug-likeness (QED) is 0.242. The van der Waals surface area contributed by atoms with Gasteiger partial charge in [0.25, 0.3) is 5.56 Å². The molecule has 1 aromatic heterocycles. The number of nitrogens with zero attached hydrogens (tertiary/aromatic N) is 3. The van der Waals surface area contributed by atoms with Gasteiger partial charge in [0.05, 0.1) is 28.3 Å². The van der Waals surface area contributed by atoms with E-state index in [1.54, 1.807) is 4.57 Å².